The summed E-state index contributed by atoms with van der Waals surface area (Å²) in [7, 11) is 0. The van der Waals surface area contributed by atoms with Crippen molar-refractivity contribution in [3.8, 4) is 0 Å². The van der Waals surface area contributed by atoms with Gasteiger partial charge in [0.25, 0.3) is 5.91 Å². The fraction of sp³-hybridized carbons (Fsp3) is 0.333. The van der Waals surface area contributed by atoms with Crippen LogP contribution in [-0.4, -0.2) is 16.7 Å². The van der Waals surface area contributed by atoms with Crippen LogP contribution in [0.1, 0.15) is 11.1 Å². The molecule has 1 aliphatic heterocycles. The zero-order chi connectivity index (χ0) is 10.3. The SMILES string of the molecule is O=C1CSC(C2Cc3ccccc3C2)=N1. The Bertz CT molecular complexity index is 428. The number of aliphatic imine (C=N–C) groups is 1. The van der Waals surface area contributed by atoms with Gasteiger partial charge in [0.1, 0.15) is 0 Å². The fourth-order valence-electron chi connectivity index (χ4n) is 2.27. The summed E-state index contributed by atoms with van der Waals surface area (Å²) in [6.45, 7) is 0. The second-order valence-corrected chi connectivity index (χ2v) is 5.00. The number of fused-ring (bicyclic) bond motifs is 1. The van der Waals surface area contributed by atoms with Crippen molar-refractivity contribution in [3.63, 3.8) is 0 Å². The van der Waals surface area contributed by atoms with Crippen LogP contribution in [0, 0.1) is 5.92 Å². The molecular weight excluding hydrogens is 206 g/mol. The molecule has 3 rings (SSSR count). The zero-order valence-electron chi connectivity index (χ0n) is 8.27. The molecule has 1 aliphatic carbocycles. The van der Waals surface area contributed by atoms with Crippen LogP contribution in [-0.2, 0) is 17.6 Å². The number of hydrogen-bond acceptors (Lipinski definition) is 2. The van der Waals surface area contributed by atoms with E-state index in [4.69, 9.17) is 0 Å². The lowest BCUT2D eigenvalue weighted by Gasteiger charge is -2.05. The lowest BCUT2D eigenvalue weighted by molar-refractivity contribution is -0.115. The standard InChI is InChI=1S/C12H11NOS/c14-11-7-15-12(13-11)10-5-8-3-1-2-4-9(8)6-10/h1-4,10H,5-7H2. The van der Waals surface area contributed by atoms with Gasteiger partial charge in [-0.2, -0.15) is 0 Å². The summed E-state index contributed by atoms with van der Waals surface area (Å²) in [6, 6.07) is 8.51. The average Bonchev–Trinajstić information content (AvgIpc) is 2.82. The predicted molar refractivity (Wildman–Crippen MR) is 62.2 cm³/mol. The second kappa shape index (κ2) is 3.49. The van der Waals surface area contributed by atoms with E-state index in [1.807, 2.05) is 0 Å². The minimum Gasteiger partial charge on any atom is -0.272 e. The number of nitrogens with zero attached hydrogens (tertiary/aromatic N) is 1. The van der Waals surface area contributed by atoms with E-state index in [-0.39, 0.29) is 5.91 Å². The molecule has 76 valence electrons. The summed E-state index contributed by atoms with van der Waals surface area (Å²) >= 11 is 1.62. The molecule has 0 radical (unpaired) electrons. The zero-order valence-corrected chi connectivity index (χ0v) is 9.09. The molecule has 0 saturated carbocycles. The maximum Gasteiger partial charge on any atom is 0.256 e. The molecule has 1 amide bonds. The lowest BCUT2D eigenvalue weighted by atomic mass is 10.1. The van der Waals surface area contributed by atoms with Crippen LogP contribution in [0.4, 0.5) is 0 Å². The first-order valence-corrected chi connectivity index (χ1v) is 6.12. The highest BCUT2D eigenvalue weighted by Gasteiger charge is 2.29. The predicted octanol–water partition coefficient (Wildman–Crippen LogP) is 2.07. The van der Waals surface area contributed by atoms with E-state index in [9.17, 15) is 4.79 Å². The molecule has 2 nitrogen and oxygen atoms in total. The molecule has 0 N–H and O–H groups in total. The quantitative estimate of drug-likeness (QED) is 0.720. The molecule has 0 fully saturated rings. The van der Waals surface area contributed by atoms with E-state index in [1.165, 1.54) is 11.1 Å². The smallest absolute Gasteiger partial charge is 0.256 e. The first-order valence-electron chi connectivity index (χ1n) is 5.14. The minimum absolute atomic E-state index is 0.0333. The van der Waals surface area contributed by atoms with E-state index in [2.05, 4.69) is 29.3 Å². The van der Waals surface area contributed by atoms with Crippen molar-refractivity contribution in [1.29, 1.82) is 0 Å². The van der Waals surface area contributed by atoms with Crippen molar-refractivity contribution in [3.05, 3.63) is 35.4 Å². The van der Waals surface area contributed by atoms with Crippen LogP contribution in [0.3, 0.4) is 0 Å². The Kier molecular flexibility index (Phi) is 2.13. The van der Waals surface area contributed by atoms with Gasteiger partial charge in [0.2, 0.25) is 0 Å². The topological polar surface area (TPSA) is 29.4 Å². The third-order valence-corrected chi connectivity index (χ3v) is 4.09. The van der Waals surface area contributed by atoms with Crippen molar-refractivity contribution in [2.75, 3.05) is 5.75 Å². The Morgan fingerprint density at radius 1 is 1.20 bits per heavy atom. The Balaban J connectivity index is 1.85. The fourth-order valence-corrected chi connectivity index (χ4v) is 3.17. The Hall–Kier alpha value is -1.09. The number of hydrogen-bond donors (Lipinski definition) is 0. The summed E-state index contributed by atoms with van der Waals surface area (Å²) in [4.78, 5) is 15.2. The number of carbonyl (C=O) groups excluding carboxylic acids is 1. The van der Waals surface area contributed by atoms with E-state index in [0.29, 0.717) is 11.7 Å². The summed E-state index contributed by atoms with van der Waals surface area (Å²) in [5, 5.41) is 1.05. The molecule has 2 aliphatic rings. The third kappa shape index (κ3) is 1.61. The molecule has 0 aromatic heterocycles. The van der Waals surface area contributed by atoms with Gasteiger partial charge in [-0.05, 0) is 24.0 Å². The van der Waals surface area contributed by atoms with Crippen LogP contribution >= 0.6 is 11.8 Å². The van der Waals surface area contributed by atoms with Crippen LogP contribution in [0.15, 0.2) is 29.3 Å². The Morgan fingerprint density at radius 2 is 1.87 bits per heavy atom. The van der Waals surface area contributed by atoms with Gasteiger partial charge in [0.15, 0.2) is 0 Å². The molecule has 0 atom stereocenters. The van der Waals surface area contributed by atoms with Gasteiger partial charge in [0.05, 0.1) is 10.8 Å². The largest absolute Gasteiger partial charge is 0.272 e. The van der Waals surface area contributed by atoms with Gasteiger partial charge in [-0.25, -0.2) is 4.99 Å². The van der Waals surface area contributed by atoms with Gasteiger partial charge in [-0.3, -0.25) is 4.79 Å². The maximum absolute atomic E-state index is 11.1. The van der Waals surface area contributed by atoms with Crippen LogP contribution in [0.25, 0.3) is 0 Å². The first-order chi connectivity index (χ1) is 7.33. The average molecular weight is 217 g/mol. The molecular formula is C12H11NOS. The monoisotopic (exact) mass is 217 g/mol. The number of carbonyl (C=O) groups is 1. The number of thioether (sulfide) groups is 1. The highest BCUT2D eigenvalue weighted by molar-refractivity contribution is 8.15. The van der Waals surface area contributed by atoms with Crippen molar-refractivity contribution in [2.24, 2.45) is 10.9 Å². The van der Waals surface area contributed by atoms with E-state index in [0.717, 1.165) is 17.9 Å². The lowest BCUT2D eigenvalue weighted by Crippen LogP contribution is -2.09. The molecule has 1 aromatic carbocycles. The summed E-state index contributed by atoms with van der Waals surface area (Å²) < 4.78 is 0. The molecule has 1 heterocycles. The van der Waals surface area contributed by atoms with E-state index >= 15 is 0 Å². The van der Waals surface area contributed by atoms with Crippen LogP contribution in [0.5, 0.6) is 0 Å². The van der Waals surface area contributed by atoms with Gasteiger partial charge < -0.3 is 0 Å². The maximum atomic E-state index is 11.1. The molecule has 0 bridgehead atoms. The van der Waals surface area contributed by atoms with Crippen molar-refractivity contribution >= 4 is 22.7 Å². The van der Waals surface area contributed by atoms with Gasteiger partial charge in [-0.15, -0.1) is 11.8 Å². The summed E-state index contributed by atoms with van der Waals surface area (Å²) in [5.41, 5.74) is 2.84. The summed E-state index contributed by atoms with van der Waals surface area (Å²) in [6.07, 6.45) is 2.10. The molecule has 3 heteroatoms. The van der Waals surface area contributed by atoms with Crippen LogP contribution < -0.4 is 0 Å². The molecule has 1 aromatic rings. The number of benzene rings is 1. The van der Waals surface area contributed by atoms with Gasteiger partial charge >= 0.3 is 0 Å². The van der Waals surface area contributed by atoms with Crippen molar-refractivity contribution in [2.45, 2.75) is 12.8 Å². The number of amides is 1. The highest BCUT2D eigenvalue weighted by atomic mass is 32.2. The normalized spacial score (nSPS) is 20.5. The third-order valence-electron chi connectivity index (χ3n) is 2.98. The van der Waals surface area contributed by atoms with Gasteiger partial charge in [0, 0.05) is 5.92 Å². The van der Waals surface area contributed by atoms with E-state index in [1.54, 1.807) is 11.8 Å². The Morgan fingerprint density at radius 3 is 2.40 bits per heavy atom. The van der Waals surface area contributed by atoms with Gasteiger partial charge in [-0.1, -0.05) is 24.3 Å². The molecule has 0 unspecified atom stereocenters. The summed E-state index contributed by atoms with van der Waals surface area (Å²) in [5.74, 6) is 1.03. The first kappa shape index (κ1) is 9.16. The molecule has 0 spiro atoms. The van der Waals surface area contributed by atoms with Crippen LogP contribution in [0.2, 0.25) is 0 Å². The second-order valence-electron chi connectivity index (χ2n) is 4.01. The minimum atomic E-state index is 0.0333. The van der Waals surface area contributed by atoms with Crippen molar-refractivity contribution in [1.82, 2.24) is 0 Å². The highest BCUT2D eigenvalue weighted by Crippen LogP contribution is 2.32. The van der Waals surface area contributed by atoms with E-state index < -0.39 is 0 Å². The van der Waals surface area contributed by atoms with Crippen molar-refractivity contribution < 1.29 is 4.79 Å². The Labute approximate surface area is 92.8 Å². The molecule has 0 saturated heterocycles. The number of rotatable bonds is 1. The molecule has 15 heavy (non-hydrogen) atoms.